The third kappa shape index (κ3) is 5.96. The number of amides is 1. The van der Waals surface area contributed by atoms with E-state index in [1.807, 2.05) is 42.5 Å². The summed E-state index contributed by atoms with van der Waals surface area (Å²) in [6.07, 6.45) is 1.44. The number of nitrogens with one attached hydrogen (secondary N) is 1. The van der Waals surface area contributed by atoms with Crippen LogP contribution in [-0.4, -0.2) is 18.7 Å². The lowest BCUT2D eigenvalue weighted by atomic mass is 9.87. The molecule has 3 aromatic rings. The van der Waals surface area contributed by atoms with Crippen LogP contribution in [0.5, 0.6) is 5.75 Å². The Kier molecular flexibility index (Phi) is 6.39. The van der Waals surface area contributed by atoms with Crippen molar-refractivity contribution in [2.45, 2.75) is 26.2 Å². The highest BCUT2D eigenvalue weighted by molar-refractivity contribution is 6.30. The summed E-state index contributed by atoms with van der Waals surface area (Å²) in [7, 11) is 0. The van der Waals surface area contributed by atoms with Crippen LogP contribution >= 0.6 is 11.6 Å². The van der Waals surface area contributed by atoms with Crippen LogP contribution in [0.4, 0.5) is 0 Å². The molecule has 1 aromatic heterocycles. The molecule has 1 heterocycles. The highest BCUT2D eigenvalue weighted by atomic mass is 35.5. The predicted molar refractivity (Wildman–Crippen MR) is 116 cm³/mol. The van der Waals surface area contributed by atoms with E-state index < -0.39 is 0 Å². The molecule has 29 heavy (non-hydrogen) atoms. The topological polar surface area (TPSA) is 63.8 Å². The maximum atomic E-state index is 11.9. The van der Waals surface area contributed by atoms with Gasteiger partial charge in [-0.3, -0.25) is 4.79 Å². The van der Waals surface area contributed by atoms with Crippen molar-refractivity contribution in [2.75, 3.05) is 6.61 Å². The lowest BCUT2D eigenvalue weighted by Crippen LogP contribution is -2.24. The molecule has 3 rings (SSSR count). The Morgan fingerprint density at radius 3 is 2.41 bits per heavy atom. The number of hydrogen-bond donors (Lipinski definition) is 1. The van der Waals surface area contributed by atoms with Gasteiger partial charge in [-0.15, -0.1) is 0 Å². The van der Waals surface area contributed by atoms with E-state index in [0.29, 0.717) is 22.3 Å². The second-order valence-electron chi connectivity index (χ2n) is 7.57. The molecule has 0 aliphatic heterocycles. The average Bonchev–Trinajstić information content (AvgIpc) is 3.15. The molecule has 1 amide bonds. The van der Waals surface area contributed by atoms with Gasteiger partial charge in [-0.05, 0) is 59.5 Å². The van der Waals surface area contributed by atoms with Gasteiger partial charge in [0.15, 0.2) is 6.61 Å². The number of hydrazone groups is 1. The molecule has 6 heteroatoms. The first-order chi connectivity index (χ1) is 13.8. The fourth-order valence-electron chi connectivity index (χ4n) is 2.59. The van der Waals surface area contributed by atoms with Crippen LogP contribution in [-0.2, 0) is 10.2 Å². The lowest BCUT2D eigenvalue weighted by Gasteiger charge is -2.19. The monoisotopic (exact) mass is 410 g/mol. The van der Waals surface area contributed by atoms with Crippen LogP contribution < -0.4 is 10.2 Å². The summed E-state index contributed by atoms with van der Waals surface area (Å²) in [5.74, 6) is 1.49. The Morgan fingerprint density at radius 2 is 1.76 bits per heavy atom. The molecule has 1 N–H and O–H groups in total. The molecular formula is C23H23ClN2O3. The molecule has 0 aliphatic carbocycles. The third-order valence-corrected chi connectivity index (χ3v) is 4.48. The van der Waals surface area contributed by atoms with E-state index >= 15 is 0 Å². The number of halogens is 1. The van der Waals surface area contributed by atoms with Gasteiger partial charge in [-0.25, -0.2) is 5.43 Å². The number of rotatable bonds is 6. The third-order valence-electron chi connectivity index (χ3n) is 4.23. The number of carbonyl (C=O) groups excluding carboxylic acids is 1. The number of hydrogen-bond acceptors (Lipinski definition) is 4. The van der Waals surface area contributed by atoms with Crippen molar-refractivity contribution >= 4 is 23.7 Å². The SMILES string of the molecule is CC(C)(C)c1ccc(OCC(=O)N/N=C/c2ccc(-c3ccc(Cl)cc3)o2)cc1. The molecule has 0 saturated heterocycles. The van der Waals surface area contributed by atoms with Gasteiger partial charge >= 0.3 is 0 Å². The van der Waals surface area contributed by atoms with Gasteiger partial charge in [0, 0.05) is 10.6 Å². The molecule has 0 aliphatic rings. The normalized spacial score (nSPS) is 11.6. The van der Waals surface area contributed by atoms with E-state index in [4.69, 9.17) is 20.8 Å². The van der Waals surface area contributed by atoms with Crippen molar-refractivity contribution in [3.05, 3.63) is 77.0 Å². The summed E-state index contributed by atoms with van der Waals surface area (Å²) < 4.78 is 11.2. The van der Waals surface area contributed by atoms with E-state index in [1.165, 1.54) is 11.8 Å². The molecule has 2 aromatic carbocycles. The summed E-state index contributed by atoms with van der Waals surface area (Å²) in [6.45, 7) is 6.31. The standard InChI is InChI=1S/C23H23ClN2O3/c1-23(2,3)17-6-10-19(11-7-17)28-15-22(27)26-25-14-20-12-13-21(29-20)16-4-8-18(24)9-5-16/h4-14H,15H2,1-3H3,(H,26,27)/b25-14+. The lowest BCUT2D eigenvalue weighted by molar-refractivity contribution is -0.123. The molecule has 0 saturated carbocycles. The Balaban J connectivity index is 1.48. The van der Waals surface area contributed by atoms with Gasteiger partial charge in [0.05, 0.1) is 6.21 Å². The maximum absolute atomic E-state index is 11.9. The van der Waals surface area contributed by atoms with Crippen LogP contribution in [0.25, 0.3) is 11.3 Å². The van der Waals surface area contributed by atoms with Crippen molar-refractivity contribution in [1.82, 2.24) is 5.43 Å². The van der Waals surface area contributed by atoms with Crippen LogP contribution in [0.2, 0.25) is 5.02 Å². The van der Waals surface area contributed by atoms with E-state index in [9.17, 15) is 4.79 Å². The van der Waals surface area contributed by atoms with E-state index in [0.717, 1.165) is 5.56 Å². The Bertz CT molecular complexity index is 984. The first-order valence-corrected chi connectivity index (χ1v) is 9.60. The van der Waals surface area contributed by atoms with Crippen LogP contribution in [0.15, 0.2) is 70.2 Å². The molecular weight excluding hydrogens is 388 g/mol. The molecule has 0 fully saturated rings. The second-order valence-corrected chi connectivity index (χ2v) is 8.00. The van der Waals surface area contributed by atoms with Crippen LogP contribution in [0, 0.1) is 0 Å². The Hall–Kier alpha value is -3.05. The van der Waals surface area contributed by atoms with E-state index in [-0.39, 0.29) is 17.9 Å². The van der Waals surface area contributed by atoms with Gasteiger partial charge in [-0.2, -0.15) is 5.10 Å². The van der Waals surface area contributed by atoms with Crippen LogP contribution in [0.3, 0.4) is 0 Å². The van der Waals surface area contributed by atoms with Crippen molar-refractivity contribution < 1.29 is 13.9 Å². The Morgan fingerprint density at radius 1 is 1.07 bits per heavy atom. The van der Waals surface area contributed by atoms with Crippen molar-refractivity contribution in [3.8, 4) is 17.1 Å². The highest BCUT2D eigenvalue weighted by Crippen LogP contribution is 2.24. The fraction of sp³-hybridized carbons (Fsp3) is 0.217. The van der Waals surface area contributed by atoms with Crippen molar-refractivity contribution in [1.29, 1.82) is 0 Å². The maximum Gasteiger partial charge on any atom is 0.277 e. The zero-order chi connectivity index (χ0) is 20.9. The summed E-state index contributed by atoms with van der Waals surface area (Å²) in [6, 6.07) is 18.7. The largest absolute Gasteiger partial charge is 0.484 e. The summed E-state index contributed by atoms with van der Waals surface area (Å²) in [5.41, 5.74) is 4.61. The number of ether oxygens (including phenoxy) is 1. The first-order valence-electron chi connectivity index (χ1n) is 9.22. The molecule has 150 valence electrons. The molecule has 0 atom stereocenters. The van der Waals surface area contributed by atoms with Crippen molar-refractivity contribution in [2.24, 2.45) is 5.10 Å². The number of nitrogens with zero attached hydrogens (tertiary/aromatic N) is 1. The smallest absolute Gasteiger partial charge is 0.277 e. The predicted octanol–water partition coefficient (Wildman–Crippen LogP) is 5.43. The van der Waals surface area contributed by atoms with Gasteiger partial charge in [0.1, 0.15) is 17.3 Å². The minimum atomic E-state index is -0.356. The zero-order valence-corrected chi connectivity index (χ0v) is 17.4. The minimum absolute atomic E-state index is 0.0733. The number of furan rings is 1. The molecule has 5 nitrogen and oxygen atoms in total. The molecule has 0 spiro atoms. The molecule has 0 radical (unpaired) electrons. The second kappa shape index (κ2) is 8.97. The van der Waals surface area contributed by atoms with Gasteiger partial charge in [0.2, 0.25) is 0 Å². The summed E-state index contributed by atoms with van der Waals surface area (Å²) in [4.78, 5) is 11.9. The van der Waals surface area contributed by atoms with E-state index in [2.05, 4.69) is 31.3 Å². The highest BCUT2D eigenvalue weighted by Gasteiger charge is 2.13. The molecule has 0 bridgehead atoms. The minimum Gasteiger partial charge on any atom is -0.484 e. The summed E-state index contributed by atoms with van der Waals surface area (Å²) >= 11 is 5.89. The van der Waals surface area contributed by atoms with Crippen LogP contribution in [0.1, 0.15) is 32.1 Å². The Labute approximate surface area is 175 Å². The zero-order valence-electron chi connectivity index (χ0n) is 16.6. The first kappa shape index (κ1) is 20.7. The van der Waals surface area contributed by atoms with Gasteiger partial charge < -0.3 is 9.15 Å². The van der Waals surface area contributed by atoms with Gasteiger partial charge in [-0.1, -0.05) is 44.5 Å². The van der Waals surface area contributed by atoms with Crippen molar-refractivity contribution in [3.63, 3.8) is 0 Å². The average molecular weight is 411 g/mol. The van der Waals surface area contributed by atoms with Gasteiger partial charge in [0.25, 0.3) is 5.91 Å². The fourth-order valence-corrected chi connectivity index (χ4v) is 2.72. The van der Waals surface area contributed by atoms with E-state index in [1.54, 1.807) is 18.2 Å². The quantitative estimate of drug-likeness (QED) is 0.435. The number of carbonyl (C=O) groups is 1. The summed E-state index contributed by atoms with van der Waals surface area (Å²) in [5, 5.41) is 4.57. The molecule has 0 unspecified atom stereocenters. The number of benzene rings is 2.